The average Bonchev–Trinajstić information content (AvgIpc) is 2.92. The fourth-order valence-electron chi connectivity index (χ4n) is 3.17. The Bertz CT molecular complexity index is 391. The predicted molar refractivity (Wildman–Crippen MR) is 80.7 cm³/mol. The van der Waals surface area contributed by atoms with E-state index in [0.717, 1.165) is 25.7 Å². The van der Waals surface area contributed by atoms with Crippen molar-refractivity contribution in [3.8, 4) is 6.07 Å². The van der Waals surface area contributed by atoms with E-state index in [1.807, 2.05) is 26.8 Å². The summed E-state index contributed by atoms with van der Waals surface area (Å²) in [5.74, 6) is -0.0195. The zero-order chi connectivity index (χ0) is 15.3. The highest BCUT2D eigenvalue weighted by molar-refractivity contribution is 5.83. The molecule has 0 aromatic heterocycles. The lowest BCUT2D eigenvalue weighted by Gasteiger charge is -2.37. The second-order valence-electron chi connectivity index (χ2n) is 6.06. The lowest BCUT2D eigenvalue weighted by atomic mass is 9.78. The van der Waals surface area contributed by atoms with Crippen LogP contribution in [0.1, 0.15) is 46.5 Å². The van der Waals surface area contributed by atoms with E-state index in [-0.39, 0.29) is 17.2 Å². The monoisotopic (exact) mass is 277 g/mol. The molecule has 1 rings (SSSR count). The highest BCUT2D eigenvalue weighted by atomic mass is 16.2. The molecule has 0 bridgehead atoms. The summed E-state index contributed by atoms with van der Waals surface area (Å²) in [6.45, 7) is 10.2. The Hall–Kier alpha value is -1.34. The molecule has 4 heteroatoms. The van der Waals surface area contributed by atoms with E-state index in [1.165, 1.54) is 0 Å². The van der Waals surface area contributed by atoms with Crippen LogP contribution in [0.2, 0.25) is 0 Å². The first kappa shape index (κ1) is 16.7. The maximum atomic E-state index is 12.7. The Morgan fingerprint density at radius 1 is 1.50 bits per heavy atom. The molecule has 2 atom stereocenters. The minimum atomic E-state index is -0.586. The molecule has 0 aromatic carbocycles. The summed E-state index contributed by atoms with van der Waals surface area (Å²) in [6.07, 6.45) is 5.86. The Labute approximate surface area is 122 Å². The predicted octanol–water partition coefficient (Wildman–Crippen LogP) is 2.46. The summed E-state index contributed by atoms with van der Waals surface area (Å²) < 4.78 is 0. The maximum Gasteiger partial charge on any atom is 0.241 e. The smallest absolute Gasteiger partial charge is 0.241 e. The molecule has 0 saturated heterocycles. The van der Waals surface area contributed by atoms with Gasteiger partial charge in [-0.1, -0.05) is 32.8 Å². The highest BCUT2D eigenvalue weighted by Gasteiger charge is 2.43. The van der Waals surface area contributed by atoms with Crippen molar-refractivity contribution in [1.29, 1.82) is 5.26 Å². The topological polar surface area (TPSA) is 70.1 Å². The number of rotatable bonds is 6. The summed E-state index contributed by atoms with van der Waals surface area (Å²) in [7, 11) is 0. The largest absolute Gasteiger partial charge is 0.325 e. The molecular formula is C16H27N3O. The van der Waals surface area contributed by atoms with Crippen molar-refractivity contribution in [3.63, 3.8) is 0 Å². The Kier molecular flexibility index (Phi) is 5.76. The fraction of sp³-hybridized carbons (Fsp3) is 0.750. The summed E-state index contributed by atoms with van der Waals surface area (Å²) in [4.78, 5) is 14.4. The van der Waals surface area contributed by atoms with E-state index in [2.05, 4.69) is 12.6 Å². The quantitative estimate of drug-likeness (QED) is 0.758. The Morgan fingerprint density at radius 3 is 2.40 bits per heavy atom. The van der Waals surface area contributed by atoms with Crippen LogP contribution >= 0.6 is 0 Å². The zero-order valence-electron chi connectivity index (χ0n) is 12.9. The second-order valence-corrected chi connectivity index (χ2v) is 6.06. The van der Waals surface area contributed by atoms with Crippen molar-refractivity contribution < 1.29 is 4.79 Å². The van der Waals surface area contributed by atoms with E-state index in [0.29, 0.717) is 6.54 Å². The first-order chi connectivity index (χ1) is 9.43. The number of nitrogens with two attached hydrogens (primary N) is 1. The zero-order valence-corrected chi connectivity index (χ0v) is 12.9. The Balaban J connectivity index is 2.96. The molecule has 1 amide bonds. The molecule has 0 radical (unpaired) electrons. The van der Waals surface area contributed by atoms with E-state index in [4.69, 9.17) is 5.73 Å². The van der Waals surface area contributed by atoms with Crippen LogP contribution in [-0.2, 0) is 4.79 Å². The van der Waals surface area contributed by atoms with Crippen LogP contribution in [0, 0.1) is 22.7 Å². The third-order valence-electron chi connectivity index (χ3n) is 4.55. The van der Waals surface area contributed by atoms with Crippen LogP contribution in [0.25, 0.3) is 0 Å². The number of nitrogens with zero attached hydrogens (tertiary/aromatic N) is 2. The van der Waals surface area contributed by atoms with Crippen molar-refractivity contribution in [2.24, 2.45) is 17.1 Å². The SMILES string of the molecule is C=CC1([C@H](N)C(=O)N(CC)[C@H](C#N)C(C)C)CCCC1. The molecule has 0 unspecified atom stereocenters. The fourth-order valence-corrected chi connectivity index (χ4v) is 3.17. The molecule has 0 heterocycles. The normalized spacial score (nSPS) is 20.2. The van der Waals surface area contributed by atoms with Gasteiger partial charge in [-0.15, -0.1) is 6.58 Å². The van der Waals surface area contributed by atoms with Gasteiger partial charge in [0.25, 0.3) is 0 Å². The maximum absolute atomic E-state index is 12.7. The molecule has 20 heavy (non-hydrogen) atoms. The number of nitriles is 1. The van der Waals surface area contributed by atoms with Gasteiger partial charge in [-0.05, 0) is 25.7 Å². The number of hydrogen-bond donors (Lipinski definition) is 1. The van der Waals surface area contributed by atoms with E-state index >= 15 is 0 Å². The first-order valence-corrected chi connectivity index (χ1v) is 7.52. The van der Waals surface area contributed by atoms with Gasteiger partial charge in [0, 0.05) is 12.0 Å². The molecule has 1 fully saturated rings. The standard InChI is InChI=1S/C16H27N3O/c1-5-16(9-7-8-10-16)14(18)15(20)19(6-2)13(11-17)12(3)4/h5,12-14H,1,6-10,18H2,2-4H3/t13-,14-/m1/s1. The van der Waals surface area contributed by atoms with Crippen LogP contribution in [-0.4, -0.2) is 29.4 Å². The number of likely N-dealkylation sites (N-methyl/N-ethyl adjacent to an activating group) is 1. The van der Waals surface area contributed by atoms with Crippen LogP contribution in [0.3, 0.4) is 0 Å². The van der Waals surface area contributed by atoms with Gasteiger partial charge in [0.05, 0.1) is 12.1 Å². The van der Waals surface area contributed by atoms with Gasteiger partial charge in [0.15, 0.2) is 0 Å². The summed E-state index contributed by atoms with van der Waals surface area (Å²) in [5, 5.41) is 9.31. The molecule has 1 aliphatic carbocycles. The molecule has 0 aliphatic heterocycles. The van der Waals surface area contributed by atoms with Crippen LogP contribution in [0.15, 0.2) is 12.7 Å². The van der Waals surface area contributed by atoms with Gasteiger partial charge in [-0.2, -0.15) is 5.26 Å². The van der Waals surface area contributed by atoms with Gasteiger partial charge in [0.1, 0.15) is 6.04 Å². The van der Waals surface area contributed by atoms with Crippen molar-refractivity contribution in [1.82, 2.24) is 4.90 Å². The minimum Gasteiger partial charge on any atom is -0.325 e. The van der Waals surface area contributed by atoms with E-state index in [9.17, 15) is 10.1 Å². The molecule has 4 nitrogen and oxygen atoms in total. The van der Waals surface area contributed by atoms with Crippen molar-refractivity contribution in [2.45, 2.75) is 58.5 Å². The number of carbonyl (C=O) groups is 1. The lowest BCUT2D eigenvalue weighted by molar-refractivity contribution is -0.136. The van der Waals surface area contributed by atoms with Crippen molar-refractivity contribution in [3.05, 3.63) is 12.7 Å². The van der Waals surface area contributed by atoms with Crippen LogP contribution in [0.5, 0.6) is 0 Å². The first-order valence-electron chi connectivity index (χ1n) is 7.52. The molecule has 0 spiro atoms. The van der Waals surface area contributed by atoms with Crippen LogP contribution in [0.4, 0.5) is 0 Å². The average molecular weight is 277 g/mol. The third kappa shape index (κ3) is 3.04. The summed E-state index contributed by atoms with van der Waals surface area (Å²) >= 11 is 0. The summed E-state index contributed by atoms with van der Waals surface area (Å²) in [6, 6.07) is 1.23. The van der Waals surface area contributed by atoms with Gasteiger partial charge >= 0.3 is 0 Å². The molecule has 112 valence electrons. The molecule has 2 N–H and O–H groups in total. The van der Waals surface area contributed by atoms with E-state index < -0.39 is 12.1 Å². The second kappa shape index (κ2) is 6.90. The highest BCUT2D eigenvalue weighted by Crippen LogP contribution is 2.42. The van der Waals surface area contributed by atoms with E-state index in [1.54, 1.807) is 4.90 Å². The molecule has 1 saturated carbocycles. The van der Waals surface area contributed by atoms with Gasteiger partial charge in [-0.3, -0.25) is 4.79 Å². The lowest BCUT2D eigenvalue weighted by Crippen LogP contribution is -2.55. The van der Waals surface area contributed by atoms with Crippen LogP contribution < -0.4 is 5.73 Å². The van der Waals surface area contributed by atoms with Crippen molar-refractivity contribution in [2.75, 3.05) is 6.54 Å². The molecule has 0 aromatic rings. The number of hydrogen-bond acceptors (Lipinski definition) is 3. The Morgan fingerprint density at radius 2 is 2.05 bits per heavy atom. The third-order valence-corrected chi connectivity index (χ3v) is 4.55. The van der Waals surface area contributed by atoms with Gasteiger partial charge in [0.2, 0.25) is 5.91 Å². The van der Waals surface area contributed by atoms with Crippen molar-refractivity contribution >= 4 is 5.91 Å². The number of amides is 1. The molecular weight excluding hydrogens is 250 g/mol. The number of carbonyl (C=O) groups excluding carboxylic acids is 1. The van der Waals surface area contributed by atoms with Gasteiger partial charge < -0.3 is 10.6 Å². The minimum absolute atomic E-state index is 0.0966. The molecule has 1 aliphatic rings. The van der Waals surface area contributed by atoms with Gasteiger partial charge in [-0.25, -0.2) is 0 Å². The summed E-state index contributed by atoms with van der Waals surface area (Å²) in [5.41, 5.74) is 5.98.